The predicted octanol–water partition coefficient (Wildman–Crippen LogP) is 3.12. The van der Waals surface area contributed by atoms with Crippen molar-refractivity contribution in [2.24, 2.45) is 0 Å². The summed E-state index contributed by atoms with van der Waals surface area (Å²) in [4.78, 5) is 27.5. The number of hydrogen-bond donors (Lipinski definition) is 1. The number of urea groups is 1. The van der Waals surface area contributed by atoms with E-state index in [0.717, 1.165) is 17.7 Å². The molecule has 0 aliphatic carbocycles. The highest BCUT2D eigenvalue weighted by Gasteiger charge is 2.22. The number of anilines is 1. The first-order valence-electron chi connectivity index (χ1n) is 8.00. The summed E-state index contributed by atoms with van der Waals surface area (Å²) < 4.78 is 4.75. The van der Waals surface area contributed by atoms with E-state index in [9.17, 15) is 9.59 Å². The minimum absolute atomic E-state index is 0.121. The maximum absolute atomic E-state index is 12.5. The van der Waals surface area contributed by atoms with Crippen LogP contribution in [0.5, 0.6) is 0 Å². The third kappa shape index (κ3) is 4.37. The summed E-state index contributed by atoms with van der Waals surface area (Å²) in [6.45, 7) is 6.44. The quantitative estimate of drug-likeness (QED) is 0.911. The van der Waals surface area contributed by atoms with Crippen molar-refractivity contribution in [1.29, 1.82) is 0 Å². The molecule has 0 bridgehead atoms. The number of carbonyl (C=O) groups is 2. The first kappa shape index (κ1) is 17.1. The van der Waals surface area contributed by atoms with Gasteiger partial charge in [0.15, 0.2) is 0 Å². The zero-order valence-corrected chi connectivity index (χ0v) is 14.0. The van der Waals surface area contributed by atoms with Gasteiger partial charge in [-0.2, -0.15) is 0 Å². The van der Waals surface area contributed by atoms with E-state index >= 15 is 0 Å². The molecule has 1 aromatic carbocycles. The average molecular weight is 319 g/mol. The third-order valence-electron chi connectivity index (χ3n) is 4.04. The molecule has 0 radical (unpaired) electrons. The summed E-state index contributed by atoms with van der Waals surface area (Å²) in [5.41, 5.74) is 1.97. The van der Waals surface area contributed by atoms with Gasteiger partial charge >= 0.3 is 12.1 Å². The van der Waals surface area contributed by atoms with Crippen molar-refractivity contribution in [2.75, 3.05) is 38.6 Å². The van der Waals surface area contributed by atoms with Gasteiger partial charge in [-0.05, 0) is 24.0 Å². The Morgan fingerprint density at radius 2 is 1.74 bits per heavy atom. The average Bonchev–Trinajstić information content (AvgIpc) is 2.80. The summed E-state index contributed by atoms with van der Waals surface area (Å²) in [7, 11) is 1.38. The Kier molecular flexibility index (Phi) is 5.84. The van der Waals surface area contributed by atoms with Crippen LogP contribution in [0.1, 0.15) is 31.7 Å². The summed E-state index contributed by atoms with van der Waals surface area (Å²) in [5.74, 6) is 0.338. The van der Waals surface area contributed by atoms with Gasteiger partial charge in [-0.1, -0.05) is 32.0 Å². The molecule has 1 saturated heterocycles. The lowest BCUT2D eigenvalue weighted by Gasteiger charge is -2.23. The van der Waals surface area contributed by atoms with Crippen LogP contribution < -0.4 is 5.32 Å². The lowest BCUT2D eigenvalue weighted by atomic mass is 10.0. The highest BCUT2D eigenvalue weighted by molar-refractivity contribution is 5.90. The molecule has 1 aromatic rings. The third-order valence-corrected chi connectivity index (χ3v) is 4.04. The van der Waals surface area contributed by atoms with Gasteiger partial charge < -0.3 is 19.9 Å². The molecule has 0 aromatic heterocycles. The van der Waals surface area contributed by atoms with Crippen LogP contribution in [0.3, 0.4) is 0 Å². The van der Waals surface area contributed by atoms with Crippen LogP contribution in [0.25, 0.3) is 0 Å². The van der Waals surface area contributed by atoms with Gasteiger partial charge in [-0.3, -0.25) is 0 Å². The molecule has 1 heterocycles. The first-order valence-corrected chi connectivity index (χ1v) is 8.00. The molecule has 0 atom stereocenters. The number of rotatable bonds is 2. The number of hydrogen-bond acceptors (Lipinski definition) is 3. The van der Waals surface area contributed by atoms with Gasteiger partial charge in [0.05, 0.1) is 7.11 Å². The second-order valence-corrected chi connectivity index (χ2v) is 5.97. The fourth-order valence-corrected chi connectivity index (χ4v) is 2.74. The van der Waals surface area contributed by atoms with E-state index in [2.05, 4.69) is 19.2 Å². The molecular formula is C17H25N3O3. The van der Waals surface area contributed by atoms with Crippen LogP contribution in [-0.2, 0) is 4.74 Å². The maximum atomic E-state index is 12.5. The molecule has 0 saturated carbocycles. The zero-order valence-electron chi connectivity index (χ0n) is 14.0. The molecule has 6 nitrogen and oxygen atoms in total. The minimum atomic E-state index is -0.336. The van der Waals surface area contributed by atoms with E-state index in [1.54, 1.807) is 9.80 Å². The predicted molar refractivity (Wildman–Crippen MR) is 89.7 cm³/mol. The zero-order chi connectivity index (χ0) is 16.8. The Morgan fingerprint density at radius 3 is 2.43 bits per heavy atom. The molecule has 1 fully saturated rings. The Hall–Kier alpha value is -2.24. The molecule has 2 rings (SSSR count). The van der Waals surface area contributed by atoms with Gasteiger partial charge in [0, 0.05) is 31.9 Å². The smallest absolute Gasteiger partial charge is 0.409 e. The highest BCUT2D eigenvalue weighted by Crippen LogP contribution is 2.24. The lowest BCUT2D eigenvalue weighted by Crippen LogP contribution is -2.39. The van der Waals surface area contributed by atoms with Crippen LogP contribution in [0.4, 0.5) is 15.3 Å². The number of benzene rings is 1. The fraction of sp³-hybridized carbons (Fsp3) is 0.529. The molecule has 6 heteroatoms. The van der Waals surface area contributed by atoms with Gasteiger partial charge in [-0.25, -0.2) is 9.59 Å². The van der Waals surface area contributed by atoms with Crippen molar-refractivity contribution < 1.29 is 14.3 Å². The van der Waals surface area contributed by atoms with Crippen LogP contribution in [0.15, 0.2) is 24.3 Å². The van der Waals surface area contributed by atoms with E-state index in [1.165, 1.54) is 7.11 Å². The van der Waals surface area contributed by atoms with Gasteiger partial charge in [0.2, 0.25) is 0 Å². The molecule has 126 valence electrons. The molecule has 1 aliphatic rings. The van der Waals surface area contributed by atoms with E-state index < -0.39 is 0 Å². The van der Waals surface area contributed by atoms with E-state index in [-0.39, 0.29) is 12.1 Å². The van der Waals surface area contributed by atoms with Crippen molar-refractivity contribution >= 4 is 17.8 Å². The molecule has 0 unspecified atom stereocenters. The number of ether oxygens (including phenoxy) is 1. The molecule has 1 N–H and O–H groups in total. The number of carbonyl (C=O) groups excluding carboxylic acids is 2. The Labute approximate surface area is 137 Å². The van der Waals surface area contributed by atoms with Crippen molar-refractivity contribution in [1.82, 2.24) is 9.80 Å². The Balaban J connectivity index is 2.00. The molecular weight excluding hydrogens is 294 g/mol. The molecule has 1 aliphatic heterocycles. The SMILES string of the molecule is COC(=O)N1CCCN(C(=O)Nc2ccccc2C(C)C)CC1. The Morgan fingerprint density at radius 1 is 1.09 bits per heavy atom. The van der Waals surface area contributed by atoms with Crippen molar-refractivity contribution in [2.45, 2.75) is 26.2 Å². The number of nitrogens with zero attached hydrogens (tertiary/aromatic N) is 2. The summed E-state index contributed by atoms with van der Waals surface area (Å²) in [5, 5.41) is 3.00. The summed E-state index contributed by atoms with van der Waals surface area (Å²) >= 11 is 0. The number of nitrogens with one attached hydrogen (secondary N) is 1. The first-order chi connectivity index (χ1) is 11.0. The van der Waals surface area contributed by atoms with Crippen molar-refractivity contribution in [3.8, 4) is 0 Å². The van der Waals surface area contributed by atoms with E-state index in [4.69, 9.17) is 4.74 Å². The van der Waals surface area contributed by atoms with Gasteiger partial charge in [0.1, 0.15) is 0 Å². The molecule has 23 heavy (non-hydrogen) atoms. The number of amides is 3. The summed E-state index contributed by atoms with van der Waals surface area (Å²) in [6, 6.07) is 7.73. The van der Waals surface area contributed by atoms with E-state index in [1.807, 2.05) is 24.3 Å². The monoisotopic (exact) mass is 319 g/mol. The summed E-state index contributed by atoms with van der Waals surface area (Å²) in [6.07, 6.45) is 0.409. The second-order valence-electron chi connectivity index (χ2n) is 5.97. The van der Waals surface area contributed by atoms with Gasteiger partial charge in [-0.15, -0.1) is 0 Å². The Bertz CT molecular complexity index is 560. The van der Waals surface area contributed by atoms with Gasteiger partial charge in [0.25, 0.3) is 0 Å². The standard InChI is InChI=1S/C17H25N3O3/c1-13(2)14-7-4-5-8-15(14)18-16(21)19-9-6-10-20(12-11-19)17(22)23-3/h4-5,7-8,13H,6,9-12H2,1-3H3,(H,18,21). The topological polar surface area (TPSA) is 61.9 Å². The second kappa shape index (κ2) is 7.85. The molecule has 0 spiro atoms. The fourth-order valence-electron chi connectivity index (χ4n) is 2.74. The van der Waals surface area contributed by atoms with Crippen molar-refractivity contribution in [3.63, 3.8) is 0 Å². The maximum Gasteiger partial charge on any atom is 0.409 e. The minimum Gasteiger partial charge on any atom is -0.453 e. The number of methoxy groups -OCH3 is 1. The van der Waals surface area contributed by atoms with Crippen molar-refractivity contribution in [3.05, 3.63) is 29.8 Å². The largest absolute Gasteiger partial charge is 0.453 e. The van der Waals surface area contributed by atoms with Crippen LogP contribution in [0, 0.1) is 0 Å². The van der Waals surface area contributed by atoms with Crippen LogP contribution in [-0.4, -0.2) is 55.2 Å². The lowest BCUT2D eigenvalue weighted by molar-refractivity contribution is 0.125. The van der Waals surface area contributed by atoms with Crippen LogP contribution in [0.2, 0.25) is 0 Å². The molecule has 3 amide bonds. The van der Waals surface area contributed by atoms with Crippen LogP contribution >= 0.6 is 0 Å². The number of para-hydroxylation sites is 1. The normalized spacial score (nSPS) is 15.3. The van der Waals surface area contributed by atoms with E-state index in [0.29, 0.717) is 32.1 Å². The highest BCUT2D eigenvalue weighted by atomic mass is 16.5.